The van der Waals surface area contributed by atoms with Crippen LogP contribution < -0.4 is 5.32 Å². The molecule has 0 saturated carbocycles. The average Bonchev–Trinajstić information content (AvgIpc) is 3.14. The van der Waals surface area contributed by atoms with Crippen LogP contribution in [0.25, 0.3) is 0 Å². The number of carbonyl (C=O) groups excluding carboxylic acids is 1. The van der Waals surface area contributed by atoms with E-state index in [2.05, 4.69) is 12.2 Å². The summed E-state index contributed by atoms with van der Waals surface area (Å²) in [5.74, 6) is -0.502. The Morgan fingerprint density at radius 3 is 1.83 bits per heavy atom. The van der Waals surface area contributed by atoms with E-state index in [0.29, 0.717) is 12.8 Å². The average molecular weight is 742 g/mol. The first-order valence-electron chi connectivity index (χ1n) is 20.5. The van der Waals surface area contributed by atoms with Crippen molar-refractivity contribution in [3.05, 3.63) is 35.6 Å². The van der Waals surface area contributed by atoms with Gasteiger partial charge in [0.2, 0.25) is 5.91 Å². The molecule has 1 heterocycles. The smallest absolute Gasteiger partial charge is 0.220 e. The highest BCUT2D eigenvalue weighted by molar-refractivity contribution is 5.76. The molecule has 1 saturated heterocycles. The summed E-state index contributed by atoms with van der Waals surface area (Å²) in [4.78, 5) is 12.9. The van der Waals surface area contributed by atoms with Crippen LogP contribution in [0.2, 0.25) is 0 Å². The fourth-order valence-electron chi connectivity index (χ4n) is 6.87. The lowest BCUT2D eigenvalue weighted by molar-refractivity contribution is -0.303. The van der Waals surface area contributed by atoms with E-state index in [0.717, 1.165) is 82.6 Å². The Bertz CT molecular complexity index is 1020. The van der Waals surface area contributed by atoms with Crippen molar-refractivity contribution in [2.24, 2.45) is 0 Å². The molecule has 1 aromatic carbocycles. The van der Waals surface area contributed by atoms with Gasteiger partial charge in [-0.25, -0.2) is 4.39 Å². The standard InChI is InChI=1S/C41H72FNO9/c1-2-3-4-5-6-7-8-9-10-14-17-20-23-34(45)37(47)33(30-51-41-40(50)39(49)38(48)35(29-44)52-41)43-36(46)24-21-18-15-12-11-13-16-19-22-31-25-27-32(42)28-26-31/h25-28,33-35,37-41,44-45,47-50H,2-24,29-30H2,1H3,(H,43,46). The molecule has 52 heavy (non-hydrogen) atoms. The molecule has 0 aromatic heterocycles. The van der Waals surface area contributed by atoms with Crippen LogP contribution in [-0.4, -0.2) is 98.7 Å². The molecule has 7 N–H and O–H groups in total. The number of aryl methyl sites for hydroxylation is 1. The lowest BCUT2D eigenvalue weighted by atomic mass is 9.98. The zero-order chi connectivity index (χ0) is 38.0. The molecular formula is C41H72FNO9. The summed E-state index contributed by atoms with van der Waals surface area (Å²) in [7, 11) is 0. The van der Waals surface area contributed by atoms with Gasteiger partial charge in [0.25, 0.3) is 0 Å². The zero-order valence-electron chi connectivity index (χ0n) is 31.9. The van der Waals surface area contributed by atoms with Crippen molar-refractivity contribution in [2.75, 3.05) is 13.2 Å². The number of amides is 1. The third-order valence-electron chi connectivity index (χ3n) is 10.3. The summed E-state index contributed by atoms with van der Waals surface area (Å²) in [6.07, 6.45) is 14.1. The first kappa shape index (κ1) is 46.5. The van der Waals surface area contributed by atoms with Crippen LogP contribution in [0.15, 0.2) is 24.3 Å². The van der Waals surface area contributed by atoms with Gasteiger partial charge in [-0.2, -0.15) is 0 Å². The second-order valence-corrected chi connectivity index (χ2v) is 14.9. The van der Waals surface area contributed by atoms with Crippen LogP contribution in [0.5, 0.6) is 0 Å². The second kappa shape index (κ2) is 28.7. The number of benzene rings is 1. The van der Waals surface area contributed by atoms with Gasteiger partial charge in [0, 0.05) is 6.42 Å². The minimum absolute atomic E-state index is 0.210. The van der Waals surface area contributed by atoms with E-state index in [1.165, 1.54) is 63.5 Å². The van der Waals surface area contributed by atoms with E-state index >= 15 is 0 Å². The Morgan fingerprint density at radius 2 is 1.27 bits per heavy atom. The Balaban J connectivity index is 1.72. The number of halogens is 1. The Kier molecular flexibility index (Phi) is 25.6. The Hall–Kier alpha value is -1.70. The summed E-state index contributed by atoms with van der Waals surface area (Å²) < 4.78 is 24.1. The molecule has 2 rings (SSSR count). The number of hydrogen-bond donors (Lipinski definition) is 7. The highest BCUT2D eigenvalue weighted by Crippen LogP contribution is 2.23. The van der Waals surface area contributed by atoms with E-state index in [9.17, 15) is 39.8 Å². The van der Waals surface area contributed by atoms with Gasteiger partial charge in [-0.1, -0.05) is 135 Å². The van der Waals surface area contributed by atoms with Crippen LogP contribution >= 0.6 is 0 Å². The molecule has 1 aromatic rings. The van der Waals surface area contributed by atoms with Gasteiger partial charge in [-0.05, 0) is 43.4 Å². The quantitative estimate of drug-likeness (QED) is 0.0452. The number of aliphatic hydroxyl groups excluding tert-OH is 6. The van der Waals surface area contributed by atoms with Crippen LogP contribution in [0.4, 0.5) is 4.39 Å². The zero-order valence-corrected chi connectivity index (χ0v) is 31.9. The van der Waals surface area contributed by atoms with E-state index in [4.69, 9.17) is 9.47 Å². The van der Waals surface area contributed by atoms with Crippen molar-refractivity contribution in [1.29, 1.82) is 0 Å². The molecule has 1 aliphatic rings. The van der Waals surface area contributed by atoms with Gasteiger partial charge in [0.05, 0.1) is 25.4 Å². The van der Waals surface area contributed by atoms with Crippen LogP contribution in [0.1, 0.15) is 154 Å². The number of unbranched alkanes of at least 4 members (excludes halogenated alkanes) is 18. The van der Waals surface area contributed by atoms with E-state index in [1.807, 2.05) is 12.1 Å². The van der Waals surface area contributed by atoms with Crippen molar-refractivity contribution in [2.45, 2.75) is 204 Å². The molecule has 0 aliphatic carbocycles. The van der Waals surface area contributed by atoms with Crippen molar-refractivity contribution in [1.82, 2.24) is 5.32 Å². The maximum absolute atomic E-state index is 13.0. The number of aliphatic hydroxyl groups is 6. The fourth-order valence-corrected chi connectivity index (χ4v) is 6.87. The highest BCUT2D eigenvalue weighted by Gasteiger charge is 2.44. The summed E-state index contributed by atoms with van der Waals surface area (Å²) >= 11 is 0. The van der Waals surface area contributed by atoms with Crippen molar-refractivity contribution >= 4 is 5.91 Å². The molecule has 11 heteroatoms. The Morgan fingerprint density at radius 1 is 0.750 bits per heavy atom. The molecule has 10 nitrogen and oxygen atoms in total. The lowest BCUT2D eigenvalue weighted by Gasteiger charge is -2.40. The van der Waals surface area contributed by atoms with Crippen LogP contribution in [0.3, 0.4) is 0 Å². The predicted molar refractivity (Wildman–Crippen MR) is 201 cm³/mol. The van der Waals surface area contributed by atoms with E-state index in [-0.39, 0.29) is 24.8 Å². The van der Waals surface area contributed by atoms with Crippen molar-refractivity contribution in [3.8, 4) is 0 Å². The summed E-state index contributed by atoms with van der Waals surface area (Å²) in [6.45, 7) is 1.29. The van der Waals surface area contributed by atoms with E-state index < -0.39 is 55.6 Å². The van der Waals surface area contributed by atoms with Crippen molar-refractivity contribution in [3.63, 3.8) is 0 Å². The second-order valence-electron chi connectivity index (χ2n) is 14.9. The third kappa shape index (κ3) is 19.6. The largest absolute Gasteiger partial charge is 0.394 e. The van der Waals surface area contributed by atoms with Gasteiger partial charge >= 0.3 is 0 Å². The lowest BCUT2D eigenvalue weighted by Crippen LogP contribution is -2.60. The third-order valence-corrected chi connectivity index (χ3v) is 10.3. The molecule has 1 amide bonds. The minimum atomic E-state index is -1.62. The first-order chi connectivity index (χ1) is 25.2. The number of hydrogen-bond acceptors (Lipinski definition) is 9. The molecular weight excluding hydrogens is 669 g/mol. The van der Waals surface area contributed by atoms with Gasteiger partial charge < -0.3 is 45.4 Å². The molecule has 8 atom stereocenters. The highest BCUT2D eigenvalue weighted by atomic mass is 19.1. The SMILES string of the molecule is CCCCCCCCCCCCCCC(O)C(O)C(COC1OC(CO)C(O)C(O)C1O)NC(=O)CCCCCCCCCCc1ccc(F)cc1. The van der Waals surface area contributed by atoms with Gasteiger partial charge in [0.1, 0.15) is 36.3 Å². The topological polar surface area (TPSA) is 169 Å². The monoisotopic (exact) mass is 742 g/mol. The molecule has 8 unspecified atom stereocenters. The molecule has 1 fully saturated rings. The summed E-state index contributed by atoms with van der Waals surface area (Å²) in [6, 6.07) is 5.66. The number of carbonyl (C=O) groups is 1. The van der Waals surface area contributed by atoms with Crippen LogP contribution in [-0.2, 0) is 20.7 Å². The molecule has 0 bridgehead atoms. The Labute approximate surface area is 312 Å². The first-order valence-corrected chi connectivity index (χ1v) is 20.5. The summed E-state index contributed by atoms with van der Waals surface area (Å²) in [5, 5.41) is 64.9. The predicted octanol–water partition coefficient (Wildman–Crippen LogP) is 5.99. The maximum Gasteiger partial charge on any atom is 0.220 e. The number of nitrogens with one attached hydrogen (secondary N) is 1. The van der Waals surface area contributed by atoms with Gasteiger partial charge in [0.15, 0.2) is 6.29 Å². The molecule has 1 aliphatic heterocycles. The molecule has 0 radical (unpaired) electrons. The molecule has 302 valence electrons. The fraction of sp³-hybridized carbons (Fsp3) is 0.829. The number of ether oxygens (including phenoxy) is 2. The van der Waals surface area contributed by atoms with E-state index in [1.54, 1.807) is 0 Å². The van der Waals surface area contributed by atoms with Gasteiger partial charge in [-0.15, -0.1) is 0 Å². The minimum Gasteiger partial charge on any atom is -0.394 e. The van der Waals surface area contributed by atoms with Crippen molar-refractivity contribution < 1.29 is 49.3 Å². The van der Waals surface area contributed by atoms with Crippen LogP contribution in [0, 0.1) is 5.82 Å². The maximum atomic E-state index is 13.0. The molecule has 0 spiro atoms. The van der Waals surface area contributed by atoms with Gasteiger partial charge in [-0.3, -0.25) is 4.79 Å². The normalized spacial score (nSPS) is 22.3. The summed E-state index contributed by atoms with van der Waals surface area (Å²) in [5.41, 5.74) is 1.16. The number of rotatable bonds is 31.